The second-order valence-corrected chi connectivity index (χ2v) is 15.7. The predicted molar refractivity (Wildman–Crippen MR) is 230 cm³/mol. The Labute approximate surface area is 333 Å². The molecule has 4 nitrogen and oxygen atoms in total. The molecule has 0 radical (unpaired) electrons. The Morgan fingerprint density at radius 2 is 0.965 bits per heavy atom. The number of hydrogen-bond donors (Lipinski definition) is 0. The molecule has 0 saturated carbocycles. The van der Waals surface area contributed by atoms with E-state index in [0.717, 1.165) is 54.7 Å². The zero-order chi connectivity index (χ0) is 37.5. The smallest absolute Gasteiger partial charge is 0.164 e. The highest BCUT2D eigenvalue weighted by molar-refractivity contribution is 7.99. The average Bonchev–Trinajstić information content (AvgIpc) is 3.82. The molecule has 1 aliphatic carbocycles. The summed E-state index contributed by atoms with van der Waals surface area (Å²) in [5, 5.41) is 2.03. The number of benzene rings is 8. The Bertz CT molecular complexity index is 3180. The van der Waals surface area contributed by atoms with E-state index in [2.05, 4.69) is 146 Å². The van der Waals surface area contributed by atoms with Crippen LogP contribution in [0.5, 0.6) is 0 Å². The summed E-state index contributed by atoms with van der Waals surface area (Å²) in [6.45, 7) is 0. The van der Waals surface area contributed by atoms with Gasteiger partial charge in [-0.2, -0.15) is 0 Å². The van der Waals surface area contributed by atoms with Gasteiger partial charge in [0.15, 0.2) is 17.5 Å². The lowest BCUT2D eigenvalue weighted by Gasteiger charge is -2.39. The Morgan fingerprint density at radius 3 is 1.72 bits per heavy atom. The van der Waals surface area contributed by atoms with Crippen LogP contribution in [0.3, 0.4) is 0 Å². The number of hydrogen-bond acceptors (Lipinski definition) is 5. The minimum Gasteiger partial charge on any atom is -0.455 e. The zero-order valence-corrected chi connectivity index (χ0v) is 31.4. The van der Waals surface area contributed by atoms with Crippen LogP contribution >= 0.6 is 11.8 Å². The molecule has 0 bridgehead atoms. The maximum absolute atomic E-state index is 7.01. The minimum atomic E-state index is -0.484. The molecule has 0 atom stereocenters. The first-order chi connectivity index (χ1) is 28.3. The molecule has 12 rings (SSSR count). The maximum atomic E-state index is 7.01. The Morgan fingerprint density at radius 1 is 0.404 bits per heavy atom. The number of aromatic nitrogens is 3. The summed E-state index contributed by atoms with van der Waals surface area (Å²) in [7, 11) is 0. The van der Waals surface area contributed by atoms with Crippen LogP contribution in [0.15, 0.2) is 202 Å². The van der Waals surface area contributed by atoms with Crippen molar-refractivity contribution in [3.8, 4) is 56.4 Å². The van der Waals surface area contributed by atoms with Gasteiger partial charge in [-0.25, -0.2) is 15.0 Å². The van der Waals surface area contributed by atoms with E-state index >= 15 is 0 Å². The second kappa shape index (κ2) is 12.5. The first-order valence-corrected chi connectivity index (χ1v) is 20.0. The molecule has 0 unspecified atom stereocenters. The number of furan rings is 1. The summed E-state index contributed by atoms with van der Waals surface area (Å²) in [6.07, 6.45) is 0. The van der Waals surface area contributed by atoms with E-state index in [1.54, 1.807) is 11.8 Å². The lowest BCUT2D eigenvalue weighted by atomic mass is 9.67. The van der Waals surface area contributed by atoms with Crippen molar-refractivity contribution in [2.45, 2.75) is 15.2 Å². The van der Waals surface area contributed by atoms with Gasteiger partial charge in [0, 0.05) is 32.4 Å². The summed E-state index contributed by atoms with van der Waals surface area (Å²) >= 11 is 1.80. The van der Waals surface area contributed by atoms with Crippen molar-refractivity contribution < 1.29 is 4.42 Å². The van der Waals surface area contributed by atoms with Gasteiger partial charge in [0.25, 0.3) is 0 Å². The number of nitrogens with zero attached hydrogens (tertiary/aromatic N) is 3. The fraction of sp³-hybridized carbons (Fsp3) is 0.0192. The van der Waals surface area contributed by atoms with E-state index in [9.17, 15) is 0 Å². The van der Waals surface area contributed by atoms with Gasteiger partial charge in [-0.3, -0.25) is 0 Å². The second-order valence-electron chi connectivity index (χ2n) is 14.7. The number of rotatable bonds is 4. The molecule has 2 aliphatic rings. The highest BCUT2D eigenvalue weighted by Gasteiger charge is 2.50. The molecular formula is C52H31N3OS. The van der Waals surface area contributed by atoms with Crippen LogP contribution in [-0.2, 0) is 5.41 Å². The third-order valence-electron chi connectivity index (χ3n) is 11.6. The van der Waals surface area contributed by atoms with Crippen LogP contribution in [-0.4, -0.2) is 15.0 Å². The van der Waals surface area contributed by atoms with Gasteiger partial charge in [0.2, 0.25) is 0 Å². The van der Waals surface area contributed by atoms with Crippen molar-refractivity contribution in [3.05, 3.63) is 210 Å². The maximum Gasteiger partial charge on any atom is 0.164 e. The van der Waals surface area contributed by atoms with E-state index in [0.29, 0.717) is 17.5 Å². The fourth-order valence-corrected chi connectivity index (χ4v) is 10.5. The normalized spacial score (nSPS) is 13.3. The Balaban J connectivity index is 1.10. The standard InChI is InChI=1S/C52H31N3OS/c1-3-15-32(16-4-1)34-19-13-20-35(31-34)50-53-49(33-17-5-2-6-18-33)54-51(55-50)39-23-14-27-44-46(39)38-29-30-43-48(47(38)56-44)57-45-28-12-11-26-42(45)52(43)40-24-9-7-21-36(40)37-22-8-10-25-41(37)52/h1-31H. The molecule has 0 saturated heterocycles. The highest BCUT2D eigenvalue weighted by atomic mass is 32.2. The fourth-order valence-electron chi connectivity index (χ4n) is 9.19. The van der Waals surface area contributed by atoms with E-state index in [4.69, 9.17) is 19.4 Å². The third kappa shape index (κ3) is 4.73. The van der Waals surface area contributed by atoms with Crippen LogP contribution in [0.1, 0.15) is 22.3 Å². The number of fused-ring (bicyclic) bond motifs is 13. The minimum absolute atomic E-state index is 0.484. The molecule has 266 valence electrons. The first-order valence-electron chi connectivity index (χ1n) is 19.2. The molecule has 8 aromatic carbocycles. The zero-order valence-electron chi connectivity index (χ0n) is 30.6. The van der Waals surface area contributed by atoms with Crippen molar-refractivity contribution in [2.75, 3.05) is 0 Å². The van der Waals surface area contributed by atoms with Crippen LogP contribution in [0.25, 0.3) is 78.4 Å². The molecule has 2 aromatic heterocycles. The van der Waals surface area contributed by atoms with Gasteiger partial charge in [0.05, 0.1) is 10.3 Å². The summed E-state index contributed by atoms with van der Waals surface area (Å²) in [5.41, 5.74) is 13.9. The van der Waals surface area contributed by atoms with E-state index in [-0.39, 0.29) is 0 Å². The van der Waals surface area contributed by atoms with Gasteiger partial charge in [0.1, 0.15) is 11.2 Å². The highest BCUT2D eigenvalue weighted by Crippen LogP contribution is 2.63. The Hall–Kier alpha value is -7.08. The van der Waals surface area contributed by atoms with Crippen LogP contribution < -0.4 is 0 Å². The van der Waals surface area contributed by atoms with E-state index in [1.165, 1.54) is 38.3 Å². The molecule has 5 heteroatoms. The van der Waals surface area contributed by atoms with Crippen LogP contribution in [0.2, 0.25) is 0 Å². The molecule has 1 aliphatic heterocycles. The van der Waals surface area contributed by atoms with Crippen molar-refractivity contribution >= 4 is 33.7 Å². The van der Waals surface area contributed by atoms with Crippen molar-refractivity contribution in [1.29, 1.82) is 0 Å². The van der Waals surface area contributed by atoms with Gasteiger partial charge < -0.3 is 4.42 Å². The van der Waals surface area contributed by atoms with E-state index < -0.39 is 5.41 Å². The summed E-state index contributed by atoms with van der Waals surface area (Å²) in [5.74, 6) is 1.84. The molecule has 57 heavy (non-hydrogen) atoms. The molecule has 1 spiro atoms. The van der Waals surface area contributed by atoms with Crippen LogP contribution in [0, 0.1) is 0 Å². The molecule has 0 fully saturated rings. The molecule has 3 heterocycles. The SMILES string of the molecule is c1ccc(-c2cccc(-c3nc(-c4ccccc4)nc(-c4cccc5oc6c7c(ccc6c45)C4(c5ccccc5S7)c5ccccc5-c5ccccc54)n3)c2)cc1. The largest absolute Gasteiger partial charge is 0.455 e. The van der Waals surface area contributed by atoms with Gasteiger partial charge in [-0.05, 0) is 62.7 Å². The van der Waals surface area contributed by atoms with Gasteiger partial charge in [-0.1, -0.05) is 182 Å². The lowest BCUT2D eigenvalue weighted by molar-refractivity contribution is 0.649. The quantitative estimate of drug-likeness (QED) is 0.180. The molecule has 0 amide bonds. The summed E-state index contributed by atoms with van der Waals surface area (Å²) < 4.78 is 7.01. The van der Waals surface area contributed by atoms with E-state index in [1.807, 2.05) is 42.5 Å². The van der Waals surface area contributed by atoms with Crippen molar-refractivity contribution in [3.63, 3.8) is 0 Å². The summed E-state index contributed by atoms with van der Waals surface area (Å²) in [6, 6.07) is 66.5. The molecule has 10 aromatic rings. The lowest BCUT2D eigenvalue weighted by Crippen LogP contribution is -2.31. The third-order valence-corrected chi connectivity index (χ3v) is 12.8. The van der Waals surface area contributed by atoms with Crippen LogP contribution in [0.4, 0.5) is 0 Å². The van der Waals surface area contributed by atoms with Crippen molar-refractivity contribution in [2.24, 2.45) is 0 Å². The monoisotopic (exact) mass is 745 g/mol. The average molecular weight is 746 g/mol. The predicted octanol–water partition coefficient (Wildman–Crippen LogP) is 13.3. The molecule has 0 N–H and O–H groups in total. The summed E-state index contributed by atoms with van der Waals surface area (Å²) in [4.78, 5) is 17.8. The van der Waals surface area contributed by atoms with Crippen molar-refractivity contribution in [1.82, 2.24) is 15.0 Å². The Kier molecular flexibility index (Phi) is 7.04. The molecular weight excluding hydrogens is 715 g/mol. The van der Waals surface area contributed by atoms with Gasteiger partial charge in [-0.15, -0.1) is 0 Å². The van der Waals surface area contributed by atoms with Gasteiger partial charge >= 0.3 is 0 Å². The topological polar surface area (TPSA) is 51.8 Å². The first kappa shape index (κ1) is 32.2.